The fourth-order valence-electron chi connectivity index (χ4n) is 2.45. The van der Waals surface area contributed by atoms with Crippen LogP contribution < -0.4 is 5.32 Å². The van der Waals surface area contributed by atoms with Crippen molar-refractivity contribution in [3.05, 3.63) is 16.1 Å². The van der Waals surface area contributed by atoms with Gasteiger partial charge in [0.1, 0.15) is 0 Å². The summed E-state index contributed by atoms with van der Waals surface area (Å²) in [5.74, 6) is 0. The van der Waals surface area contributed by atoms with E-state index in [1.54, 1.807) is 11.3 Å². The van der Waals surface area contributed by atoms with E-state index < -0.39 is 0 Å². The first-order valence-electron chi connectivity index (χ1n) is 7.21. The predicted molar refractivity (Wildman–Crippen MR) is 81.3 cm³/mol. The molecule has 0 radical (unpaired) electrons. The van der Waals surface area contributed by atoms with Crippen LogP contribution in [-0.4, -0.2) is 18.1 Å². The van der Waals surface area contributed by atoms with Crippen LogP contribution in [0.15, 0.2) is 5.51 Å². The second kappa shape index (κ2) is 7.90. The van der Waals surface area contributed by atoms with Crippen LogP contribution in [0.5, 0.6) is 0 Å². The largest absolute Gasteiger partial charge is 0.316 e. The highest BCUT2D eigenvalue weighted by Crippen LogP contribution is 2.30. The molecule has 1 aromatic rings. The molecule has 104 valence electrons. The van der Waals surface area contributed by atoms with Gasteiger partial charge in [0, 0.05) is 11.4 Å². The highest BCUT2D eigenvalue weighted by Gasteiger charge is 2.23. The summed E-state index contributed by atoms with van der Waals surface area (Å²) in [6.45, 7) is 11.3. The van der Waals surface area contributed by atoms with Gasteiger partial charge in [-0.3, -0.25) is 0 Å². The van der Waals surface area contributed by atoms with Gasteiger partial charge in [-0.25, -0.2) is 4.98 Å². The van der Waals surface area contributed by atoms with E-state index in [1.165, 1.54) is 42.7 Å². The third kappa shape index (κ3) is 5.07. The van der Waals surface area contributed by atoms with E-state index in [0.717, 1.165) is 13.1 Å². The molecule has 3 heteroatoms. The molecule has 0 fully saturated rings. The summed E-state index contributed by atoms with van der Waals surface area (Å²) in [6.07, 6.45) is 6.24. The Balaban J connectivity index is 2.48. The highest BCUT2D eigenvalue weighted by atomic mass is 32.1. The summed E-state index contributed by atoms with van der Waals surface area (Å²) in [5, 5.41) is 3.59. The molecule has 1 aromatic heterocycles. The van der Waals surface area contributed by atoms with Gasteiger partial charge in [0.2, 0.25) is 0 Å². The maximum Gasteiger partial charge on any atom is 0.0797 e. The highest BCUT2D eigenvalue weighted by molar-refractivity contribution is 7.09. The summed E-state index contributed by atoms with van der Waals surface area (Å²) in [7, 11) is 0. The first-order chi connectivity index (χ1) is 8.61. The van der Waals surface area contributed by atoms with Gasteiger partial charge in [-0.05, 0) is 44.6 Å². The molecule has 0 aromatic carbocycles. The van der Waals surface area contributed by atoms with Crippen LogP contribution in [0.2, 0.25) is 0 Å². The molecule has 1 heterocycles. The van der Waals surface area contributed by atoms with Gasteiger partial charge in [-0.1, -0.05) is 27.2 Å². The molecular formula is C15H28N2S. The molecule has 0 saturated heterocycles. The maximum atomic E-state index is 4.34. The first kappa shape index (κ1) is 15.6. The SMILES string of the molecule is CCCNCC(C)(CCC)CCc1scnc1C. The second-order valence-electron chi connectivity index (χ2n) is 5.60. The van der Waals surface area contributed by atoms with Crippen molar-refractivity contribution in [1.82, 2.24) is 10.3 Å². The van der Waals surface area contributed by atoms with Crippen LogP contribution in [0.4, 0.5) is 0 Å². The van der Waals surface area contributed by atoms with Crippen LogP contribution in [0.25, 0.3) is 0 Å². The van der Waals surface area contributed by atoms with E-state index in [2.05, 4.69) is 38.0 Å². The molecule has 0 saturated carbocycles. The number of hydrogen-bond acceptors (Lipinski definition) is 3. The summed E-state index contributed by atoms with van der Waals surface area (Å²) in [5.41, 5.74) is 3.62. The average Bonchev–Trinajstić information content (AvgIpc) is 2.73. The molecule has 0 amide bonds. The maximum absolute atomic E-state index is 4.34. The summed E-state index contributed by atoms with van der Waals surface area (Å²) < 4.78 is 0. The Kier molecular flexibility index (Phi) is 6.87. The molecule has 1 unspecified atom stereocenters. The standard InChI is InChI=1S/C15H28N2S/c1-5-8-15(4,11-16-10-6-2)9-7-14-13(3)17-12-18-14/h12,16H,5-11H2,1-4H3. The summed E-state index contributed by atoms with van der Waals surface area (Å²) in [4.78, 5) is 5.81. The molecular weight excluding hydrogens is 240 g/mol. The van der Waals surface area contributed by atoms with Crippen LogP contribution in [0.1, 0.15) is 57.0 Å². The number of aryl methyl sites for hydroxylation is 2. The molecule has 0 bridgehead atoms. The van der Waals surface area contributed by atoms with Crippen molar-refractivity contribution in [3.63, 3.8) is 0 Å². The molecule has 0 aliphatic heterocycles. The Morgan fingerprint density at radius 3 is 2.61 bits per heavy atom. The average molecular weight is 268 g/mol. The second-order valence-corrected chi connectivity index (χ2v) is 6.54. The van der Waals surface area contributed by atoms with Crippen LogP contribution in [-0.2, 0) is 6.42 Å². The van der Waals surface area contributed by atoms with E-state index in [9.17, 15) is 0 Å². The van der Waals surface area contributed by atoms with E-state index in [1.807, 2.05) is 5.51 Å². The molecule has 18 heavy (non-hydrogen) atoms. The number of rotatable bonds is 9. The van der Waals surface area contributed by atoms with Gasteiger partial charge in [0.15, 0.2) is 0 Å². The Morgan fingerprint density at radius 1 is 1.28 bits per heavy atom. The normalized spacial score (nSPS) is 14.7. The molecule has 1 atom stereocenters. The van der Waals surface area contributed by atoms with Gasteiger partial charge in [-0.15, -0.1) is 11.3 Å². The van der Waals surface area contributed by atoms with Gasteiger partial charge in [0.05, 0.1) is 11.2 Å². The van der Waals surface area contributed by atoms with Crippen LogP contribution >= 0.6 is 11.3 Å². The van der Waals surface area contributed by atoms with E-state index in [4.69, 9.17) is 0 Å². The number of nitrogens with one attached hydrogen (secondary N) is 1. The molecule has 0 spiro atoms. The van der Waals surface area contributed by atoms with Crippen molar-refractivity contribution in [3.8, 4) is 0 Å². The number of hydrogen-bond donors (Lipinski definition) is 1. The summed E-state index contributed by atoms with van der Waals surface area (Å²) >= 11 is 1.81. The molecule has 0 aliphatic rings. The van der Waals surface area contributed by atoms with E-state index in [-0.39, 0.29) is 0 Å². The lowest BCUT2D eigenvalue weighted by Crippen LogP contribution is -2.32. The Bertz CT molecular complexity index is 335. The number of aromatic nitrogens is 1. The Labute approximate surface area is 116 Å². The first-order valence-corrected chi connectivity index (χ1v) is 8.09. The summed E-state index contributed by atoms with van der Waals surface area (Å²) in [6, 6.07) is 0. The van der Waals surface area contributed by atoms with Crippen molar-refractivity contribution >= 4 is 11.3 Å². The smallest absolute Gasteiger partial charge is 0.0797 e. The minimum Gasteiger partial charge on any atom is -0.316 e. The zero-order valence-electron chi connectivity index (χ0n) is 12.4. The fourth-order valence-corrected chi connectivity index (χ4v) is 3.23. The molecule has 1 rings (SSSR count). The zero-order valence-corrected chi connectivity index (χ0v) is 13.2. The fraction of sp³-hybridized carbons (Fsp3) is 0.800. The van der Waals surface area contributed by atoms with Crippen LogP contribution in [0, 0.1) is 12.3 Å². The van der Waals surface area contributed by atoms with Crippen molar-refractivity contribution in [2.75, 3.05) is 13.1 Å². The van der Waals surface area contributed by atoms with Gasteiger partial charge in [-0.2, -0.15) is 0 Å². The number of thiazole rings is 1. The zero-order chi connectivity index (χ0) is 13.4. The van der Waals surface area contributed by atoms with Crippen molar-refractivity contribution < 1.29 is 0 Å². The minimum absolute atomic E-state index is 0.431. The lowest BCUT2D eigenvalue weighted by atomic mass is 9.80. The van der Waals surface area contributed by atoms with Crippen molar-refractivity contribution in [2.24, 2.45) is 5.41 Å². The topological polar surface area (TPSA) is 24.9 Å². The number of nitrogens with zero attached hydrogens (tertiary/aromatic N) is 1. The van der Waals surface area contributed by atoms with Crippen molar-refractivity contribution in [2.45, 2.75) is 59.8 Å². The molecule has 2 nitrogen and oxygen atoms in total. The van der Waals surface area contributed by atoms with Gasteiger partial charge < -0.3 is 5.32 Å². The lowest BCUT2D eigenvalue weighted by Gasteiger charge is -2.29. The quantitative estimate of drug-likeness (QED) is 0.679. The molecule has 1 N–H and O–H groups in total. The van der Waals surface area contributed by atoms with Gasteiger partial charge >= 0.3 is 0 Å². The van der Waals surface area contributed by atoms with Gasteiger partial charge in [0.25, 0.3) is 0 Å². The Hall–Kier alpha value is -0.410. The monoisotopic (exact) mass is 268 g/mol. The lowest BCUT2D eigenvalue weighted by molar-refractivity contribution is 0.256. The minimum atomic E-state index is 0.431. The van der Waals surface area contributed by atoms with Crippen molar-refractivity contribution in [1.29, 1.82) is 0 Å². The van der Waals surface area contributed by atoms with E-state index >= 15 is 0 Å². The Morgan fingerprint density at radius 2 is 2.06 bits per heavy atom. The molecule has 0 aliphatic carbocycles. The van der Waals surface area contributed by atoms with E-state index in [0.29, 0.717) is 5.41 Å². The third-order valence-electron chi connectivity index (χ3n) is 3.63. The van der Waals surface area contributed by atoms with Crippen LogP contribution in [0.3, 0.4) is 0 Å². The third-order valence-corrected chi connectivity index (χ3v) is 4.63. The predicted octanol–water partition coefficient (Wildman–Crippen LogP) is 4.19.